The van der Waals surface area contributed by atoms with Crippen molar-refractivity contribution in [1.29, 1.82) is 0 Å². The highest BCUT2D eigenvalue weighted by Gasteiger charge is 2.50. The van der Waals surface area contributed by atoms with Gasteiger partial charge in [0.05, 0.1) is 5.46 Å². The van der Waals surface area contributed by atoms with Gasteiger partial charge in [-0.1, -0.05) is 243 Å². The van der Waals surface area contributed by atoms with Crippen LogP contribution in [0.4, 0.5) is 0 Å². The Morgan fingerprint density at radius 3 is 0.988 bits per heavy atom. The maximum Gasteiger partial charge on any atom is 0.265 e. The Labute approximate surface area is 466 Å². The van der Waals surface area contributed by atoms with Crippen molar-refractivity contribution < 1.29 is 18.9 Å². The first kappa shape index (κ1) is 46.3. The number of rotatable bonds is 9. The smallest absolute Gasteiger partial charge is 0.265 e. The monoisotopic (exact) mass is 1060 g/mol. The lowest BCUT2D eigenvalue weighted by Crippen LogP contribution is -2.76. The lowest BCUT2D eigenvalue weighted by atomic mass is 9.35. The van der Waals surface area contributed by atoms with E-state index in [2.05, 4.69) is 237 Å². The number of fused-ring (bicyclic) bond motifs is 8. The second kappa shape index (κ2) is 18.4. The Morgan fingerprint density at radius 2 is 0.575 bits per heavy atom. The zero-order valence-electron chi connectivity index (χ0n) is 43.1. The zero-order chi connectivity index (χ0) is 52.8. The van der Waals surface area contributed by atoms with Crippen molar-refractivity contribution in [2.75, 3.05) is 0 Å². The standard InChI is InChI=1S/C69H45B2N3O4Si2/c1-5-21-48(22-6-1)79(49-23-7-2-8-24-49,63-45-62-64-66(72-63)76-59-34-18-14-30-55(59)70(64)54-29-13-17-33-58(54)75-62)52-41-37-46(38-42-52)47-39-43-53(44-40-47)80(50-25-9-3-10-26-50,51-27-11-4-12-28-51)69-73-67-65-68(74-69)78-61-36-20-16-32-57(61)71(65)56-31-15-19-35-60(56)77-67/h1-45H. The molecule has 11 heteroatoms. The third kappa shape index (κ3) is 6.97. The Hall–Kier alpha value is -9.81. The van der Waals surface area contributed by atoms with Gasteiger partial charge in [-0.25, -0.2) is 15.0 Å². The van der Waals surface area contributed by atoms with E-state index in [4.69, 9.17) is 33.9 Å². The van der Waals surface area contributed by atoms with Crippen LogP contribution in [0.25, 0.3) is 11.1 Å². The van der Waals surface area contributed by atoms with E-state index in [-0.39, 0.29) is 13.4 Å². The van der Waals surface area contributed by atoms with Gasteiger partial charge in [-0.2, -0.15) is 0 Å². The molecule has 0 bridgehead atoms. The highest BCUT2D eigenvalue weighted by atomic mass is 28.3. The summed E-state index contributed by atoms with van der Waals surface area (Å²) >= 11 is 0. The predicted octanol–water partition coefficient (Wildman–Crippen LogP) is 5.75. The summed E-state index contributed by atoms with van der Waals surface area (Å²) in [6.07, 6.45) is 0. The molecule has 0 spiro atoms. The summed E-state index contributed by atoms with van der Waals surface area (Å²) in [5, 5.41) is 7.94. The van der Waals surface area contributed by atoms with Gasteiger partial charge in [0.1, 0.15) is 34.2 Å². The summed E-state index contributed by atoms with van der Waals surface area (Å²) in [5.74, 6) is 5.64. The molecule has 0 saturated carbocycles. The van der Waals surface area contributed by atoms with Gasteiger partial charge in [0, 0.05) is 10.8 Å². The molecule has 0 aliphatic carbocycles. The Balaban J connectivity index is 0.845. The van der Waals surface area contributed by atoms with Crippen molar-refractivity contribution in [3.05, 3.63) is 273 Å². The number of benzene rings is 10. The van der Waals surface area contributed by atoms with Gasteiger partial charge in [0.25, 0.3) is 13.4 Å². The van der Waals surface area contributed by atoms with Gasteiger partial charge in [-0.15, -0.1) is 0 Å². The van der Waals surface area contributed by atoms with E-state index in [0.29, 0.717) is 23.1 Å². The molecular formula is C69H45B2N3O4Si2. The van der Waals surface area contributed by atoms with Crippen molar-refractivity contribution in [2.24, 2.45) is 0 Å². The maximum absolute atomic E-state index is 6.93. The number of hydrogen-bond acceptors (Lipinski definition) is 7. The minimum atomic E-state index is -3.32. The Bertz CT molecular complexity index is 3880. The topological polar surface area (TPSA) is 75.6 Å². The summed E-state index contributed by atoms with van der Waals surface area (Å²) in [6, 6.07) is 97.0. The summed E-state index contributed by atoms with van der Waals surface area (Å²) in [6.45, 7) is -0.217. The van der Waals surface area contributed by atoms with E-state index in [9.17, 15) is 0 Å². The molecule has 0 N–H and O–H groups in total. The quantitative estimate of drug-likeness (QED) is 0.135. The second-order valence-corrected chi connectivity index (χ2v) is 28.3. The van der Waals surface area contributed by atoms with Crippen molar-refractivity contribution in [3.63, 3.8) is 0 Å². The van der Waals surface area contributed by atoms with Gasteiger partial charge in [0.15, 0.2) is 0 Å². The molecule has 10 aromatic carbocycles. The van der Waals surface area contributed by atoms with Crippen molar-refractivity contribution >= 4 is 104 Å². The van der Waals surface area contributed by atoms with E-state index < -0.39 is 16.1 Å². The van der Waals surface area contributed by atoms with Gasteiger partial charge in [-0.05, 0) is 94.4 Å². The molecule has 12 aromatic rings. The fourth-order valence-corrected chi connectivity index (χ4v) is 22.1. The molecule has 0 amide bonds. The van der Waals surface area contributed by atoms with Crippen molar-refractivity contribution in [2.45, 2.75) is 0 Å². The second-order valence-electron chi connectivity index (χ2n) is 20.8. The van der Waals surface area contributed by atoms with Gasteiger partial charge >= 0.3 is 0 Å². The average molecular weight is 1060 g/mol. The van der Waals surface area contributed by atoms with Crippen molar-refractivity contribution in [3.8, 4) is 57.5 Å². The molecule has 0 radical (unpaired) electrons. The summed E-state index contributed by atoms with van der Waals surface area (Å²) in [4.78, 5) is 16.8. The highest BCUT2D eigenvalue weighted by molar-refractivity contribution is 7.20. The summed E-state index contributed by atoms with van der Waals surface area (Å²) in [5.41, 5.74) is 9.02. The van der Waals surface area contributed by atoms with Crippen LogP contribution in [0.15, 0.2) is 273 Å². The van der Waals surface area contributed by atoms with Crippen LogP contribution >= 0.6 is 0 Å². The normalized spacial score (nSPS) is 13.1. The SMILES string of the molecule is c1ccc([Si](c2ccccc2)(c2ccc(-c3ccc([Si](c4ccccc4)(c4ccccc4)c4nc5c6c(n4)Oc4ccccc4B6c4ccccc4O5)cc3)cc2)c2cc3c4c(n2)Oc2ccccc2B4c2ccccc2O3)cc1. The third-order valence-corrected chi connectivity index (χ3v) is 25.8. The Kier molecular flexibility index (Phi) is 10.7. The van der Waals surface area contributed by atoms with Gasteiger partial charge in [-0.3, -0.25) is 0 Å². The highest BCUT2D eigenvalue weighted by Crippen LogP contribution is 2.35. The molecule has 80 heavy (non-hydrogen) atoms. The van der Waals surface area contributed by atoms with Gasteiger partial charge in [0.2, 0.25) is 33.8 Å². The summed E-state index contributed by atoms with van der Waals surface area (Å²) in [7, 11) is -6.54. The molecule has 0 atom stereocenters. The molecule has 0 fully saturated rings. The first-order valence-electron chi connectivity index (χ1n) is 27.1. The lowest BCUT2D eigenvalue weighted by Gasteiger charge is -2.37. The van der Waals surface area contributed by atoms with Crippen LogP contribution in [0.2, 0.25) is 0 Å². The lowest BCUT2D eigenvalue weighted by molar-refractivity contribution is 0.441. The van der Waals surface area contributed by atoms with E-state index in [1.165, 1.54) is 15.6 Å². The minimum absolute atomic E-state index is 0.0787. The average Bonchev–Trinajstić information content (AvgIpc) is 3.63. The van der Waals surface area contributed by atoms with Crippen LogP contribution in [0, 0.1) is 0 Å². The Morgan fingerprint density at radius 1 is 0.263 bits per heavy atom. The van der Waals surface area contributed by atoms with Crippen LogP contribution in [-0.4, -0.2) is 44.5 Å². The summed E-state index contributed by atoms with van der Waals surface area (Å²) < 4.78 is 27.4. The molecule has 0 saturated heterocycles. The molecular weight excluding hydrogens is 1010 g/mol. The van der Waals surface area contributed by atoms with Gasteiger partial charge < -0.3 is 18.9 Å². The first-order valence-corrected chi connectivity index (χ1v) is 31.1. The van der Waals surface area contributed by atoms with E-state index >= 15 is 0 Å². The molecule has 374 valence electrons. The molecule has 16 rings (SSSR count). The number of hydrogen-bond donors (Lipinski definition) is 0. The zero-order valence-corrected chi connectivity index (χ0v) is 45.1. The first-order chi connectivity index (χ1) is 39.6. The predicted molar refractivity (Wildman–Crippen MR) is 328 cm³/mol. The molecule has 7 nitrogen and oxygen atoms in total. The molecule has 0 unspecified atom stereocenters. The largest absolute Gasteiger partial charge is 0.458 e. The number of aromatic nitrogens is 3. The molecule has 4 aliphatic heterocycles. The van der Waals surface area contributed by atoms with Crippen LogP contribution in [0.3, 0.4) is 0 Å². The molecule has 2 aromatic heterocycles. The fourth-order valence-electron chi connectivity index (χ4n) is 13.2. The van der Waals surface area contributed by atoms with E-state index in [0.717, 1.165) is 93.5 Å². The van der Waals surface area contributed by atoms with Crippen LogP contribution in [0.5, 0.6) is 46.4 Å². The van der Waals surface area contributed by atoms with Crippen LogP contribution < -0.4 is 93.6 Å². The maximum atomic E-state index is 6.93. The van der Waals surface area contributed by atoms with E-state index in [1.807, 2.05) is 36.4 Å². The fraction of sp³-hybridized carbons (Fsp3) is 0. The number of para-hydroxylation sites is 4. The van der Waals surface area contributed by atoms with E-state index in [1.54, 1.807) is 0 Å². The molecule has 4 aliphatic rings. The van der Waals surface area contributed by atoms with Crippen LogP contribution in [0.1, 0.15) is 0 Å². The minimum Gasteiger partial charge on any atom is -0.458 e. The van der Waals surface area contributed by atoms with Crippen LogP contribution in [-0.2, 0) is 0 Å². The molecule has 6 heterocycles. The number of ether oxygens (including phenoxy) is 4. The number of pyridine rings is 1. The van der Waals surface area contributed by atoms with Crippen molar-refractivity contribution in [1.82, 2.24) is 15.0 Å². The third-order valence-electron chi connectivity index (χ3n) is 16.7. The number of nitrogens with zero attached hydrogens (tertiary/aromatic N) is 3.